The predicted octanol–water partition coefficient (Wildman–Crippen LogP) is 3.57. The van der Waals surface area contributed by atoms with Gasteiger partial charge in [-0.2, -0.15) is 0 Å². The van der Waals surface area contributed by atoms with Crippen LogP contribution >= 0.6 is 23.2 Å². The summed E-state index contributed by atoms with van der Waals surface area (Å²) in [5.41, 5.74) is 2.13. The van der Waals surface area contributed by atoms with Gasteiger partial charge in [0.05, 0.1) is 11.0 Å². The van der Waals surface area contributed by atoms with Gasteiger partial charge in [0.2, 0.25) is 0 Å². The molecule has 3 nitrogen and oxygen atoms in total. The zero-order valence-corrected chi connectivity index (χ0v) is 13.0. The lowest BCUT2D eigenvalue weighted by Gasteiger charge is -2.16. The van der Waals surface area contributed by atoms with Gasteiger partial charge in [0.15, 0.2) is 0 Å². The van der Waals surface area contributed by atoms with E-state index < -0.39 is 0 Å². The molecule has 2 heterocycles. The van der Waals surface area contributed by atoms with E-state index in [0.29, 0.717) is 5.88 Å². The second-order valence-corrected chi connectivity index (χ2v) is 6.11. The van der Waals surface area contributed by atoms with E-state index in [1.807, 2.05) is 12.1 Å². The molecule has 0 saturated carbocycles. The van der Waals surface area contributed by atoms with Crippen molar-refractivity contribution >= 4 is 34.2 Å². The minimum atomic E-state index is 0.598. The standard InChI is InChI=1S/C15H19Cl2N3/c16-6-5-15-18-13-11-12(17)3-4-14(13)20(15)10-9-19-7-1-2-8-19/h3-4,11H,1-2,5-10H2. The number of aromatic nitrogens is 2. The van der Waals surface area contributed by atoms with Crippen LogP contribution in [0, 0.1) is 0 Å². The van der Waals surface area contributed by atoms with E-state index in [2.05, 4.69) is 20.5 Å². The summed E-state index contributed by atoms with van der Waals surface area (Å²) in [6.07, 6.45) is 3.46. The smallest absolute Gasteiger partial charge is 0.111 e. The van der Waals surface area contributed by atoms with Gasteiger partial charge in [-0.15, -0.1) is 11.6 Å². The number of alkyl halides is 1. The van der Waals surface area contributed by atoms with Crippen LogP contribution in [0.2, 0.25) is 5.02 Å². The summed E-state index contributed by atoms with van der Waals surface area (Å²) < 4.78 is 2.30. The van der Waals surface area contributed by atoms with Crippen molar-refractivity contribution in [2.45, 2.75) is 25.8 Å². The van der Waals surface area contributed by atoms with E-state index in [0.717, 1.165) is 41.4 Å². The van der Waals surface area contributed by atoms with Crippen LogP contribution in [0.5, 0.6) is 0 Å². The minimum Gasteiger partial charge on any atom is -0.327 e. The summed E-state index contributed by atoms with van der Waals surface area (Å²) in [5, 5.41) is 0.735. The second kappa shape index (κ2) is 6.33. The highest BCUT2D eigenvalue weighted by molar-refractivity contribution is 6.31. The molecule has 1 fully saturated rings. The van der Waals surface area contributed by atoms with Crippen LogP contribution in [0.15, 0.2) is 18.2 Å². The van der Waals surface area contributed by atoms with Gasteiger partial charge in [0.25, 0.3) is 0 Å². The average molecular weight is 312 g/mol. The summed E-state index contributed by atoms with van der Waals surface area (Å²) in [6.45, 7) is 4.51. The molecule has 1 aliphatic rings. The third kappa shape index (κ3) is 2.95. The Morgan fingerprint density at radius 1 is 1.15 bits per heavy atom. The van der Waals surface area contributed by atoms with Crippen molar-refractivity contribution in [3.05, 3.63) is 29.0 Å². The van der Waals surface area contributed by atoms with Crippen LogP contribution in [0.1, 0.15) is 18.7 Å². The zero-order chi connectivity index (χ0) is 13.9. The van der Waals surface area contributed by atoms with Crippen molar-refractivity contribution in [1.29, 1.82) is 0 Å². The number of halogens is 2. The quantitative estimate of drug-likeness (QED) is 0.787. The van der Waals surface area contributed by atoms with Gasteiger partial charge in [-0.25, -0.2) is 4.98 Å². The Labute approximate surface area is 129 Å². The van der Waals surface area contributed by atoms with Gasteiger partial charge in [0, 0.05) is 30.4 Å². The van der Waals surface area contributed by atoms with Crippen molar-refractivity contribution in [1.82, 2.24) is 14.5 Å². The highest BCUT2D eigenvalue weighted by Gasteiger charge is 2.14. The largest absolute Gasteiger partial charge is 0.327 e. The lowest BCUT2D eigenvalue weighted by Crippen LogP contribution is -2.24. The number of rotatable bonds is 5. The molecule has 3 rings (SSSR count). The Hall–Kier alpha value is -0.770. The summed E-state index contributed by atoms with van der Waals surface area (Å²) in [7, 11) is 0. The van der Waals surface area contributed by atoms with Crippen molar-refractivity contribution in [2.24, 2.45) is 0 Å². The maximum Gasteiger partial charge on any atom is 0.111 e. The van der Waals surface area contributed by atoms with Gasteiger partial charge in [0.1, 0.15) is 5.82 Å². The van der Waals surface area contributed by atoms with E-state index in [-0.39, 0.29) is 0 Å². The van der Waals surface area contributed by atoms with Crippen LogP contribution in [0.3, 0.4) is 0 Å². The molecule has 0 spiro atoms. The van der Waals surface area contributed by atoms with E-state index in [4.69, 9.17) is 23.2 Å². The highest BCUT2D eigenvalue weighted by Crippen LogP contribution is 2.21. The summed E-state index contributed by atoms with van der Waals surface area (Å²) in [6, 6.07) is 5.93. The van der Waals surface area contributed by atoms with Crippen molar-refractivity contribution in [3.63, 3.8) is 0 Å². The zero-order valence-electron chi connectivity index (χ0n) is 11.5. The average Bonchev–Trinajstić information content (AvgIpc) is 3.04. The molecule has 1 saturated heterocycles. The third-order valence-corrected chi connectivity index (χ3v) is 4.37. The molecule has 108 valence electrons. The van der Waals surface area contributed by atoms with Crippen LogP contribution < -0.4 is 0 Å². The molecule has 20 heavy (non-hydrogen) atoms. The van der Waals surface area contributed by atoms with Gasteiger partial charge in [-0.05, 0) is 44.1 Å². The van der Waals surface area contributed by atoms with Crippen LogP contribution in [0.25, 0.3) is 11.0 Å². The number of benzene rings is 1. The lowest BCUT2D eigenvalue weighted by atomic mass is 10.3. The Bertz CT molecular complexity index is 588. The molecule has 0 unspecified atom stereocenters. The Morgan fingerprint density at radius 2 is 1.95 bits per heavy atom. The van der Waals surface area contributed by atoms with Gasteiger partial charge >= 0.3 is 0 Å². The topological polar surface area (TPSA) is 21.1 Å². The van der Waals surface area contributed by atoms with Crippen LogP contribution in [-0.4, -0.2) is 40.0 Å². The molecule has 0 atom stereocenters. The SMILES string of the molecule is ClCCc1nc2cc(Cl)ccc2n1CCN1CCCC1. The van der Waals surface area contributed by atoms with E-state index in [1.54, 1.807) is 0 Å². The Morgan fingerprint density at radius 3 is 2.70 bits per heavy atom. The predicted molar refractivity (Wildman–Crippen MR) is 84.8 cm³/mol. The number of likely N-dealkylation sites (tertiary alicyclic amines) is 1. The van der Waals surface area contributed by atoms with Crippen molar-refractivity contribution in [2.75, 3.05) is 25.5 Å². The number of imidazole rings is 1. The fraction of sp³-hybridized carbons (Fsp3) is 0.533. The number of hydrogen-bond donors (Lipinski definition) is 0. The molecule has 1 aromatic heterocycles. The monoisotopic (exact) mass is 311 g/mol. The number of nitrogens with zero attached hydrogens (tertiary/aromatic N) is 3. The molecule has 0 bridgehead atoms. The normalized spacial score (nSPS) is 16.3. The Balaban J connectivity index is 1.87. The van der Waals surface area contributed by atoms with E-state index in [1.165, 1.54) is 25.9 Å². The van der Waals surface area contributed by atoms with Gasteiger partial charge in [-0.1, -0.05) is 11.6 Å². The first-order valence-corrected chi connectivity index (χ1v) is 8.12. The van der Waals surface area contributed by atoms with Crippen molar-refractivity contribution < 1.29 is 0 Å². The van der Waals surface area contributed by atoms with Crippen LogP contribution in [-0.2, 0) is 13.0 Å². The molecule has 0 aliphatic carbocycles. The first-order chi connectivity index (χ1) is 9.78. The van der Waals surface area contributed by atoms with Gasteiger partial charge < -0.3 is 9.47 Å². The third-order valence-electron chi connectivity index (χ3n) is 3.95. The highest BCUT2D eigenvalue weighted by atomic mass is 35.5. The van der Waals surface area contributed by atoms with Crippen molar-refractivity contribution in [3.8, 4) is 0 Å². The first-order valence-electron chi connectivity index (χ1n) is 7.21. The second-order valence-electron chi connectivity index (χ2n) is 5.30. The molecule has 0 N–H and O–H groups in total. The Kier molecular flexibility index (Phi) is 4.49. The molecule has 0 amide bonds. The van der Waals surface area contributed by atoms with E-state index >= 15 is 0 Å². The molecule has 2 aromatic rings. The summed E-state index contributed by atoms with van der Waals surface area (Å²) in [5.74, 6) is 1.66. The van der Waals surface area contributed by atoms with E-state index in [9.17, 15) is 0 Å². The first kappa shape index (κ1) is 14.2. The number of hydrogen-bond acceptors (Lipinski definition) is 2. The summed E-state index contributed by atoms with van der Waals surface area (Å²) in [4.78, 5) is 7.20. The maximum atomic E-state index is 6.05. The molecule has 0 radical (unpaired) electrons. The number of aryl methyl sites for hydroxylation is 1. The maximum absolute atomic E-state index is 6.05. The lowest BCUT2D eigenvalue weighted by molar-refractivity contribution is 0.322. The molecular weight excluding hydrogens is 293 g/mol. The van der Waals surface area contributed by atoms with Gasteiger partial charge in [-0.3, -0.25) is 0 Å². The minimum absolute atomic E-state index is 0.598. The molecular formula is C15H19Cl2N3. The molecule has 1 aromatic carbocycles. The summed E-state index contributed by atoms with van der Waals surface area (Å²) >= 11 is 12.0. The number of fused-ring (bicyclic) bond motifs is 1. The molecule has 5 heteroatoms. The van der Waals surface area contributed by atoms with Crippen LogP contribution in [0.4, 0.5) is 0 Å². The fourth-order valence-corrected chi connectivity index (χ4v) is 3.26. The molecule has 1 aliphatic heterocycles. The fourth-order valence-electron chi connectivity index (χ4n) is 2.93.